The number of aromatic nitrogens is 3. The summed E-state index contributed by atoms with van der Waals surface area (Å²) in [5.74, 6) is 1.37. The first kappa shape index (κ1) is 18.0. The quantitative estimate of drug-likeness (QED) is 0.888. The van der Waals surface area contributed by atoms with E-state index in [1.54, 1.807) is 0 Å². The number of nitrogens with one attached hydrogen (secondary N) is 1. The van der Waals surface area contributed by atoms with Gasteiger partial charge >= 0.3 is 0 Å². The lowest BCUT2D eigenvalue weighted by molar-refractivity contribution is -0.132. The van der Waals surface area contributed by atoms with Crippen LogP contribution in [0, 0.1) is 11.6 Å². The molecule has 0 saturated carbocycles. The number of likely N-dealkylation sites (tertiary alicyclic amines) is 1. The average Bonchev–Trinajstić information content (AvgIpc) is 3.13. The number of benzene rings is 1. The number of halogens is 2. The number of nitrogens with zero attached hydrogens (tertiary/aromatic N) is 4. The Morgan fingerprint density at radius 1 is 1.19 bits per heavy atom. The van der Waals surface area contributed by atoms with Gasteiger partial charge in [-0.1, -0.05) is 0 Å². The highest BCUT2D eigenvalue weighted by Crippen LogP contribution is 2.28. The minimum atomic E-state index is -0.480. The molecule has 2 aliphatic heterocycles. The van der Waals surface area contributed by atoms with Gasteiger partial charge in [-0.05, 0) is 43.0 Å². The molecular formula is C19H23F2N5O. The Hall–Kier alpha value is -2.35. The lowest BCUT2D eigenvalue weighted by atomic mass is 9.95. The Bertz CT molecular complexity index is 830. The molecule has 1 aromatic carbocycles. The molecule has 1 amide bonds. The summed E-state index contributed by atoms with van der Waals surface area (Å²) >= 11 is 0. The van der Waals surface area contributed by atoms with Gasteiger partial charge < -0.3 is 14.8 Å². The van der Waals surface area contributed by atoms with Crippen molar-refractivity contribution in [3.63, 3.8) is 0 Å². The molecule has 0 unspecified atom stereocenters. The SMILES string of the molecule is O=C(CCc1cc(F)ccc1F)N1CCC(c2nnc3n2CCNC3)CC1. The van der Waals surface area contributed by atoms with Crippen molar-refractivity contribution in [2.45, 2.75) is 44.7 Å². The maximum absolute atomic E-state index is 13.7. The molecule has 8 heteroatoms. The summed E-state index contributed by atoms with van der Waals surface area (Å²) in [4.78, 5) is 14.3. The second-order valence-corrected chi connectivity index (χ2v) is 7.19. The predicted molar refractivity (Wildman–Crippen MR) is 95.0 cm³/mol. The van der Waals surface area contributed by atoms with E-state index in [4.69, 9.17) is 0 Å². The van der Waals surface area contributed by atoms with Crippen LogP contribution in [0.15, 0.2) is 18.2 Å². The van der Waals surface area contributed by atoms with E-state index >= 15 is 0 Å². The van der Waals surface area contributed by atoms with Crippen molar-refractivity contribution >= 4 is 5.91 Å². The number of hydrogen-bond donors (Lipinski definition) is 1. The molecule has 2 aliphatic rings. The number of rotatable bonds is 4. The molecule has 6 nitrogen and oxygen atoms in total. The van der Waals surface area contributed by atoms with E-state index in [2.05, 4.69) is 20.1 Å². The van der Waals surface area contributed by atoms with Gasteiger partial charge in [0.15, 0.2) is 0 Å². The third-order valence-electron chi connectivity index (χ3n) is 5.48. The summed E-state index contributed by atoms with van der Waals surface area (Å²) in [6, 6.07) is 3.36. The summed E-state index contributed by atoms with van der Waals surface area (Å²) in [6.07, 6.45) is 2.11. The number of fused-ring (bicyclic) bond motifs is 1. The Labute approximate surface area is 156 Å². The van der Waals surface area contributed by atoms with E-state index in [0.717, 1.165) is 62.3 Å². The lowest BCUT2D eigenvalue weighted by Crippen LogP contribution is -2.39. The maximum atomic E-state index is 13.7. The summed E-state index contributed by atoms with van der Waals surface area (Å²) in [5, 5.41) is 11.9. The fraction of sp³-hybridized carbons (Fsp3) is 0.526. The maximum Gasteiger partial charge on any atom is 0.222 e. The normalized spacial score (nSPS) is 17.8. The van der Waals surface area contributed by atoms with Gasteiger partial charge in [-0.15, -0.1) is 10.2 Å². The van der Waals surface area contributed by atoms with E-state index in [9.17, 15) is 13.6 Å². The number of amides is 1. The largest absolute Gasteiger partial charge is 0.343 e. The van der Waals surface area contributed by atoms with Crippen LogP contribution in [-0.2, 0) is 24.3 Å². The number of carbonyl (C=O) groups excluding carboxylic acids is 1. The zero-order chi connectivity index (χ0) is 18.8. The van der Waals surface area contributed by atoms with Crippen LogP contribution in [0.4, 0.5) is 8.78 Å². The van der Waals surface area contributed by atoms with Gasteiger partial charge in [-0.3, -0.25) is 4.79 Å². The third-order valence-corrected chi connectivity index (χ3v) is 5.48. The number of piperidine rings is 1. The molecule has 1 saturated heterocycles. The van der Waals surface area contributed by atoms with Crippen molar-refractivity contribution in [3.8, 4) is 0 Å². The molecule has 4 rings (SSSR count). The van der Waals surface area contributed by atoms with Crippen molar-refractivity contribution < 1.29 is 13.6 Å². The smallest absolute Gasteiger partial charge is 0.222 e. The highest BCUT2D eigenvalue weighted by molar-refractivity contribution is 5.76. The summed E-state index contributed by atoms with van der Waals surface area (Å²) in [5.41, 5.74) is 0.252. The predicted octanol–water partition coefficient (Wildman–Crippen LogP) is 2.00. The first-order valence-electron chi connectivity index (χ1n) is 9.46. The molecule has 0 spiro atoms. The van der Waals surface area contributed by atoms with Crippen LogP contribution >= 0.6 is 0 Å². The number of hydrogen-bond acceptors (Lipinski definition) is 4. The van der Waals surface area contributed by atoms with E-state index in [1.165, 1.54) is 0 Å². The topological polar surface area (TPSA) is 63.1 Å². The average molecular weight is 375 g/mol. The fourth-order valence-corrected chi connectivity index (χ4v) is 3.94. The monoisotopic (exact) mass is 375 g/mol. The first-order chi connectivity index (χ1) is 13.1. The van der Waals surface area contributed by atoms with E-state index in [1.807, 2.05) is 4.90 Å². The molecule has 1 aromatic heterocycles. The van der Waals surface area contributed by atoms with E-state index in [0.29, 0.717) is 19.0 Å². The Kier molecular flexibility index (Phi) is 5.15. The molecule has 0 radical (unpaired) electrons. The molecule has 0 atom stereocenters. The van der Waals surface area contributed by atoms with Gasteiger partial charge in [-0.25, -0.2) is 8.78 Å². The van der Waals surface area contributed by atoms with Crippen LogP contribution in [0.25, 0.3) is 0 Å². The van der Waals surface area contributed by atoms with Crippen molar-refractivity contribution in [1.82, 2.24) is 25.0 Å². The summed E-state index contributed by atoms with van der Waals surface area (Å²) in [7, 11) is 0. The lowest BCUT2D eigenvalue weighted by Gasteiger charge is -2.32. The van der Waals surface area contributed by atoms with Gasteiger partial charge in [0, 0.05) is 38.5 Å². The van der Waals surface area contributed by atoms with Crippen LogP contribution in [0.2, 0.25) is 0 Å². The Balaban J connectivity index is 1.32. The molecule has 0 aliphatic carbocycles. The summed E-state index contributed by atoms with van der Waals surface area (Å²) < 4.78 is 29.1. The van der Waals surface area contributed by atoms with Crippen LogP contribution in [0.1, 0.15) is 42.4 Å². The first-order valence-corrected chi connectivity index (χ1v) is 9.46. The molecule has 1 N–H and O–H groups in total. The van der Waals surface area contributed by atoms with Gasteiger partial charge in [0.05, 0.1) is 6.54 Å². The molecule has 2 aromatic rings. The van der Waals surface area contributed by atoms with Crippen LogP contribution in [-0.4, -0.2) is 45.2 Å². The van der Waals surface area contributed by atoms with Crippen LogP contribution in [0.3, 0.4) is 0 Å². The second-order valence-electron chi connectivity index (χ2n) is 7.19. The van der Waals surface area contributed by atoms with Gasteiger partial charge in [-0.2, -0.15) is 0 Å². The zero-order valence-electron chi connectivity index (χ0n) is 15.1. The van der Waals surface area contributed by atoms with E-state index < -0.39 is 11.6 Å². The van der Waals surface area contributed by atoms with Crippen molar-refractivity contribution in [3.05, 3.63) is 47.0 Å². The van der Waals surface area contributed by atoms with E-state index in [-0.39, 0.29) is 24.3 Å². The van der Waals surface area contributed by atoms with Crippen LogP contribution in [0.5, 0.6) is 0 Å². The van der Waals surface area contributed by atoms with Gasteiger partial charge in [0.25, 0.3) is 0 Å². The second kappa shape index (κ2) is 7.72. The molecule has 144 valence electrons. The van der Waals surface area contributed by atoms with Crippen molar-refractivity contribution in [2.24, 2.45) is 0 Å². The fourth-order valence-electron chi connectivity index (χ4n) is 3.94. The molecule has 3 heterocycles. The molecule has 0 bridgehead atoms. The molecule has 27 heavy (non-hydrogen) atoms. The van der Waals surface area contributed by atoms with Crippen LogP contribution < -0.4 is 5.32 Å². The Morgan fingerprint density at radius 3 is 2.81 bits per heavy atom. The Morgan fingerprint density at radius 2 is 2.00 bits per heavy atom. The summed E-state index contributed by atoms with van der Waals surface area (Å²) in [6.45, 7) is 3.88. The standard InChI is InChI=1S/C19H23F2N5O/c20-15-2-3-16(21)14(11-15)1-4-18(27)25-8-5-13(6-9-25)19-24-23-17-12-22-7-10-26(17)19/h2-3,11,13,22H,1,4-10,12H2. The third kappa shape index (κ3) is 3.85. The van der Waals surface area contributed by atoms with Crippen molar-refractivity contribution in [2.75, 3.05) is 19.6 Å². The highest BCUT2D eigenvalue weighted by atomic mass is 19.1. The van der Waals surface area contributed by atoms with Gasteiger partial charge in [0.2, 0.25) is 5.91 Å². The molecule has 1 fully saturated rings. The highest BCUT2D eigenvalue weighted by Gasteiger charge is 2.28. The molecular weight excluding hydrogens is 352 g/mol. The van der Waals surface area contributed by atoms with Gasteiger partial charge in [0.1, 0.15) is 23.3 Å². The number of aryl methyl sites for hydroxylation is 1. The minimum Gasteiger partial charge on any atom is -0.343 e. The minimum absolute atomic E-state index is 0.00964. The van der Waals surface area contributed by atoms with Crippen molar-refractivity contribution in [1.29, 1.82) is 0 Å². The number of carbonyl (C=O) groups is 1. The zero-order valence-corrected chi connectivity index (χ0v) is 15.1.